The summed E-state index contributed by atoms with van der Waals surface area (Å²) in [7, 11) is 1.48. The summed E-state index contributed by atoms with van der Waals surface area (Å²) in [6, 6.07) is 0. The van der Waals surface area contributed by atoms with Crippen LogP contribution in [0.5, 0.6) is 0 Å². The molecule has 16 heavy (non-hydrogen) atoms. The highest BCUT2D eigenvalue weighted by Crippen LogP contribution is 2.04. The van der Waals surface area contributed by atoms with E-state index in [1.807, 2.05) is 13.8 Å². The SMILES string of the molecule is CO[C@H](CCl)CC(=O)CC(=O)OCC(C)C. The second kappa shape index (κ2) is 8.53. The molecule has 94 valence electrons. The van der Waals surface area contributed by atoms with Crippen molar-refractivity contribution in [2.75, 3.05) is 19.6 Å². The van der Waals surface area contributed by atoms with Crippen LogP contribution in [-0.2, 0) is 19.1 Å². The van der Waals surface area contributed by atoms with Gasteiger partial charge in [0, 0.05) is 19.4 Å². The maximum Gasteiger partial charge on any atom is 0.313 e. The largest absolute Gasteiger partial charge is 0.465 e. The first-order chi connectivity index (χ1) is 7.49. The van der Waals surface area contributed by atoms with Crippen molar-refractivity contribution in [2.45, 2.75) is 32.8 Å². The first kappa shape index (κ1) is 15.4. The number of carbonyl (C=O) groups is 2. The van der Waals surface area contributed by atoms with Crippen LogP contribution in [0.3, 0.4) is 0 Å². The highest BCUT2D eigenvalue weighted by atomic mass is 35.5. The van der Waals surface area contributed by atoms with Crippen molar-refractivity contribution >= 4 is 23.4 Å². The third-order valence-corrected chi connectivity index (χ3v) is 2.22. The van der Waals surface area contributed by atoms with Crippen molar-refractivity contribution < 1.29 is 19.1 Å². The van der Waals surface area contributed by atoms with Crippen molar-refractivity contribution in [3.8, 4) is 0 Å². The van der Waals surface area contributed by atoms with Crippen LogP contribution < -0.4 is 0 Å². The highest BCUT2D eigenvalue weighted by molar-refractivity contribution is 6.18. The van der Waals surface area contributed by atoms with E-state index in [0.717, 1.165) is 0 Å². The number of alkyl halides is 1. The molecule has 4 nitrogen and oxygen atoms in total. The van der Waals surface area contributed by atoms with Crippen molar-refractivity contribution in [3.63, 3.8) is 0 Å². The maximum atomic E-state index is 11.4. The lowest BCUT2D eigenvalue weighted by Crippen LogP contribution is -2.21. The van der Waals surface area contributed by atoms with Gasteiger partial charge in [-0.25, -0.2) is 0 Å². The second-order valence-corrected chi connectivity index (χ2v) is 4.32. The van der Waals surface area contributed by atoms with E-state index in [4.69, 9.17) is 21.1 Å². The van der Waals surface area contributed by atoms with Crippen LogP contribution in [0.15, 0.2) is 0 Å². The van der Waals surface area contributed by atoms with Crippen LogP contribution in [0.2, 0.25) is 0 Å². The molecule has 0 N–H and O–H groups in total. The number of hydrogen-bond donors (Lipinski definition) is 0. The molecular formula is C11H19ClO4. The van der Waals surface area contributed by atoms with Gasteiger partial charge in [0.1, 0.15) is 12.2 Å². The topological polar surface area (TPSA) is 52.6 Å². The molecular weight excluding hydrogens is 232 g/mol. The van der Waals surface area contributed by atoms with Gasteiger partial charge in [0.05, 0.1) is 12.7 Å². The van der Waals surface area contributed by atoms with Crippen LogP contribution in [0.4, 0.5) is 0 Å². The zero-order valence-electron chi connectivity index (χ0n) is 9.99. The first-order valence-corrected chi connectivity index (χ1v) is 5.79. The average Bonchev–Trinajstić information content (AvgIpc) is 2.23. The molecule has 0 bridgehead atoms. The van der Waals surface area contributed by atoms with Gasteiger partial charge in [-0.15, -0.1) is 11.6 Å². The van der Waals surface area contributed by atoms with Crippen LogP contribution in [0, 0.1) is 5.92 Å². The van der Waals surface area contributed by atoms with Gasteiger partial charge in [-0.1, -0.05) is 13.8 Å². The van der Waals surface area contributed by atoms with E-state index in [9.17, 15) is 9.59 Å². The fourth-order valence-electron chi connectivity index (χ4n) is 0.999. The molecule has 0 unspecified atom stereocenters. The van der Waals surface area contributed by atoms with Crippen molar-refractivity contribution in [3.05, 3.63) is 0 Å². The maximum absolute atomic E-state index is 11.4. The first-order valence-electron chi connectivity index (χ1n) is 5.25. The van der Waals surface area contributed by atoms with E-state index in [-0.39, 0.29) is 36.5 Å². The number of Topliss-reactive ketones (excluding diaryl/α,β-unsaturated/α-hetero) is 1. The minimum Gasteiger partial charge on any atom is -0.465 e. The Hall–Kier alpha value is -0.610. The smallest absolute Gasteiger partial charge is 0.313 e. The summed E-state index contributed by atoms with van der Waals surface area (Å²) in [4.78, 5) is 22.6. The third kappa shape index (κ3) is 7.65. The molecule has 0 aromatic rings. The van der Waals surface area contributed by atoms with Gasteiger partial charge in [0.2, 0.25) is 0 Å². The number of ketones is 1. The molecule has 0 aromatic carbocycles. The van der Waals surface area contributed by atoms with E-state index >= 15 is 0 Å². The number of ether oxygens (including phenoxy) is 2. The number of esters is 1. The number of hydrogen-bond acceptors (Lipinski definition) is 4. The fourth-order valence-corrected chi connectivity index (χ4v) is 1.23. The van der Waals surface area contributed by atoms with Crippen molar-refractivity contribution in [2.24, 2.45) is 5.92 Å². The summed E-state index contributed by atoms with van der Waals surface area (Å²) in [5.74, 6) is -0.179. The summed E-state index contributed by atoms with van der Waals surface area (Å²) in [6.07, 6.45) is -0.382. The van der Waals surface area contributed by atoms with E-state index in [0.29, 0.717) is 6.61 Å². The molecule has 1 atom stereocenters. The van der Waals surface area contributed by atoms with Crippen molar-refractivity contribution in [1.29, 1.82) is 0 Å². The second-order valence-electron chi connectivity index (χ2n) is 4.01. The van der Waals surface area contributed by atoms with E-state index < -0.39 is 5.97 Å². The van der Waals surface area contributed by atoms with E-state index in [1.165, 1.54) is 7.11 Å². The minimum absolute atomic E-state index is 0.150. The van der Waals surface area contributed by atoms with Gasteiger partial charge in [-0.2, -0.15) is 0 Å². The van der Waals surface area contributed by atoms with Gasteiger partial charge < -0.3 is 9.47 Å². The number of halogens is 1. The summed E-state index contributed by atoms with van der Waals surface area (Å²) in [6.45, 7) is 4.21. The Morgan fingerprint density at radius 3 is 2.38 bits per heavy atom. The van der Waals surface area contributed by atoms with Crippen LogP contribution in [0.25, 0.3) is 0 Å². The molecule has 0 radical (unpaired) electrons. The van der Waals surface area contributed by atoms with Crippen LogP contribution >= 0.6 is 11.6 Å². The van der Waals surface area contributed by atoms with Crippen LogP contribution in [-0.4, -0.2) is 37.5 Å². The molecule has 0 aliphatic carbocycles. The Balaban J connectivity index is 3.82. The lowest BCUT2D eigenvalue weighted by molar-refractivity contribution is -0.147. The average molecular weight is 251 g/mol. The molecule has 0 fully saturated rings. The summed E-state index contributed by atoms with van der Waals surface area (Å²) >= 11 is 5.56. The lowest BCUT2D eigenvalue weighted by atomic mass is 10.1. The quantitative estimate of drug-likeness (QED) is 0.374. The normalized spacial score (nSPS) is 12.6. The third-order valence-electron chi connectivity index (χ3n) is 1.88. The van der Waals surface area contributed by atoms with E-state index in [2.05, 4.69) is 0 Å². The number of rotatable bonds is 8. The predicted octanol–water partition coefficient (Wildman–Crippen LogP) is 1.79. The number of carbonyl (C=O) groups excluding carboxylic acids is 2. The van der Waals surface area contributed by atoms with Crippen molar-refractivity contribution in [1.82, 2.24) is 0 Å². The Morgan fingerprint density at radius 2 is 1.94 bits per heavy atom. The molecule has 0 amide bonds. The van der Waals surface area contributed by atoms with E-state index in [1.54, 1.807) is 0 Å². The van der Waals surface area contributed by atoms with Gasteiger partial charge in [-0.05, 0) is 5.92 Å². The Labute approximate surface area is 101 Å². The minimum atomic E-state index is -0.483. The molecule has 0 heterocycles. The standard InChI is InChI=1S/C11H19ClO4/c1-8(2)7-16-11(14)5-9(13)4-10(6-12)15-3/h8,10H,4-7H2,1-3H3/t10-/m0/s1. The lowest BCUT2D eigenvalue weighted by Gasteiger charge is -2.11. The number of methoxy groups -OCH3 is 1. The molecule has 0 saturated carbocycles. The highest BCUT2D eigenvalue weighted by Gasteiger charge is 2.16. The molecule has 0 spiro atoms. The Bertz CT molecular complexity index is 224. The Morgan fingerprint density at radius 1 is 1.31 bits per heavy atom. The zero-order chi connectivity index (χ0) is 12.6. The van der Waals surface area contributed by atoms with Gasteiger partial charge in [-0.3, -0.25) is 9.59 Å². The molecule has 0 aliphatic heterocycles. The summed E-state index contributed by atoms with van der Waals surface area (Å²) in [5.41, 5.74) is 0. The monoisotopic (exact) mass is 250 g/mol. The Kier molecular flexibility index (Phi) is 8.21. The zero-order valence-corrected chi connectivity index (χ0v) is 10.8. The fraction of sp³-hybridized carbons (Fsp3) is 0.818. The molecule has 0 aromatic heterocycles. The molecule has 0 saturated heterocycles. The van der Waals surface area contributed by atoms with Gasteiger partial charge >= 0.3 is 5.97 Å². The van der Waals surface area contributed by atoms with Gasteiger partial charge in [0.25, 0.3) is 0 Å². The van der Waals surface area contributed by atoms with Gasteiger partial charge in [0.15, 0.2) is 0 Å². The predicted molar refractivity (Wildman–Crippen MR) is 61.6 cm³/mol. The molecule has 5 heteroatoms. The molecule has 0 aliphatic rings. The molecule has 0 rings (SSSR count). The van der Waals surface area contributed by atoms with Crippen LogP contribution in [0.1, 0.15) is 26.7 Å². The summed E-state index contributed by atoms with van der Waals surface area (Å²) in [5, 5.41) is 0. The summed E-state index contributed by atoms with van der Waals surface area (Å²) < 4.78 is 9.83.